The Hall–Kier alpha value is -2.56. The van der Waals surface area contributed by atoms with Gasteiger partial charge in [0.05, 0.1) is 13.4 Å². The van der Waals surface area contributed by atoms with E-state index in [4.69, 9.17) is 9.15 Å². The molecule has 0 saturated carbocycles. The van der Waals surface area contributed by atoms with Crippen molar-refractivity contribution in [2.75, 3.05) is 20.7 Å². The molecule has 0 unspecified atom stereocenters. The largest absolute Gasteiger partial charge is 0.497 e. The Balaban J connectivity index is 0.00000261. The molecule has 0 amide bonds. The zero-order valence-corrected chi connectivity index (χ0v) is 17.6. The van der Waals surface area contributed by atoms with E-state index in [9.17, 15) is 0 Å². The first-order chi connectivity index (χ1) is 12.8. The number of hydrogen-bond acceptors (Lipinski definition) is 5. The Kier molecular flexibility index (Phi) is 8.11. The van der Waals surface area contributed by atoms with Crippen LogP contribution in [0.1, 0.15) is 11.4 Å². The summed E-state index contributed by atoms with van der Waals surface area (Å²) in [6.07, 6.45) is 2.29. The monoisotopic (exact) mass is 482 g/mol. The number of benzene rings is 1. The van der Waals surface area contributed by atoms with Gasteiger partial charge in [0.15, 0.2) is 11.7 Å². The third-order valence-electron chi connectivity index (χ3n) is 3.75. The molecule has 0 aliphatic carbocycles. The summed E-state index contributed by atoms with van der Waals surface area (Å²) in [6.45, 7) is 1.33. The molecule has 0 aliphatic heterocycles. The van der Waals surface area contributed by atoms with Gasteiger partial charge in [0.1, 0.15) is 11.6 Å². The number of guanidine groups is 1. The molecule has 2 heterocycles. The molecule has 0 saturated heterocycles. The molecule has 2 aromatic heterocycles. The number of hydrogen-bond donors (Lipinski definition) is 3. The van der Waals surface area contributed by atoms with Crippen LogP contribution in [0, 0.1) is 0 Å². The van der Waals surface area contributed by atoms with Gasteiger partial charge < -0.3 is 19.8 Å². The van der Waals surface area contributed by atoms with Crippen molar-refractivity contribution in [3.63, 3.8) is 0 Å². The van der Waals surface area contributed by atoms with E-state index in [1.165, 1.54) is 0 Å². The van der Waals surface area contributed by atoms with Gasteiger partial charge in [-0.2, -0.15) is 5.10 Å². The molecule has 3 aromatic rings. The van der Waals surface area contributed by atoms with E-state index in [0.717, 1.165) is 23.1 Å². The molecule has 3 rings (SSSR count). The van der Waals surface area contributed by atoms with Gasteiger partial charge in [0, 0.05) is 26.6 Å². The summed E-state index contributed by atoms with van der Waals surface area (Å²) in [7, 11) is 3.40. The van der Waals surface area contributed by atoms with Gasteiger partial charge in [-0.05, 0) is 29.8 Å². The van der Waals surface area contributed by atoms with Crippen molar-refractivity contribution in [2.24, 2.45) is 4.99 Å². The molecule has 0 bridgehead atoms. The summed E-state index contributed by atoms with van der Waals surface area (Å²) >= 11 is 0. The van der Waals surface area contributed by atoms with Crippen molar-refractivity contribution >= 4 is 29.9 Å². The van der Waals surface area contributed by atoms with Crippen LogP contribution in [0.2, 0.25) is 0 Å². The molecule has 0 fully saturated rings. The molecule has 0 aliphatic rings. The fourth-order valence-corrected chi connectivity index (χ4v) is 2.41. The average Bonchev–Trinajstić information content (AvgIpc) is 3.36. The summed E-state index contributed by atoms with van der Waals surface area (Å²) in [4.78, 5) is 8.64. The standard InChI is InChI=1S/C18H22N6O2.HI/c1-19-18(21-12-13-5-3-6-14(11-13)25-2)20-9-8-16-22-17(24-23-16)15-7-4-10-26-15;/h3-7,10-11H,8-9,12H2,1-2H3,(H2,19,20,21)(H,22,23,24);1H. The first-order valence-corrected chi connectivity index (χ1v) is 8.31. The van der Waals surface area contributed by atoms with Crippen molar-refractivity contribution in [3.8, 4) is 17.3 Å². The van der Waals surface area contributed by atoms with Gasteiger partial charge in [-0.25, -0.2) is 4.98 Å². The number of ether oxygens (including phenoxy) is 1. The first kappa shape index (κ1) is 20.7. The lowest BCUT2D eigenvalue weighted by Gasteiger charge is -2.12. The maximum atomic E-state index is 5.28. The second kappa shape index (κ2) is 10.6. The van der Waals surface area contributed by atoms with Crippen molar-refractivity contribution < 1.29 is 9.15 Å². The van der Waals surface area contributed by atoms with Gasteiger partial charge in [-0.1, -0.05) is 12.1 Å². The van der Waals surface area contributed by atoms with Crippen LogP contribution in [-0.2, 0) is 13.0 Å². The summed E-state index contributed by atoms with van der Waals surface area (Å²) < 4.78 is 10.5. The van der Waals surface area contributed by atoms with E-state index in [1.807, 2.05) is 36.4 Å². The Morgan fingerprint density at radius 3 is 2.89 bits per heavy atom. The number of nitrogens with one attached hydrogen (secondary N) is 3. The summed E-state index contributed by atoms with van der Waals surface area (Å²) in [5.74, 6) is 3.55. The molecule has 0 atom stereocenters. The lowest BCUT2D eigenvalue weighted by Crippen LogP contribution is -2.37. The number of nitrogens with zero attached hydrogens (tertiary/aromatic N) is 3. The Bertz CT molecular complexity index is 847. The summed E-state index contributed by atoms with van der Waals surface area (Å²) in [6, 6.07) is 11.6. The van der Waals surface area contributed by atoms with Crippen LogP contribution < -0.4 is 15.4 Å². The van der Waals surface area contributed by atoms with Gasteiger partial charge in [-0.3, -0.25) is 10.1 Å². The van der Waals surface area contributed by atoms with E-state index in [1.54, 1.807) is 20.4 Å². The third kappa shape index (κ3) is 5.98. The van der Waals surface area contributed by atoms with E-state index < -0.39 is 0 Å². The normalized spacial score (nSPS) is 11.0. The predicted molar refractivity (Wildman–Crippen MR) is 114 cm³/mol. The van der Waals surface area contributed by atoms with Gasteiger partial charge in [-0.15, -0.1) is 24.0 Å². The zero-order chi connectivity index (χ0) is 18.2. The highest BCUT2D eigenvalue weighted by molar-refractivity contribution is 14.0. The number of aromatic amines is 1. The van der Waals surface area contributed by atoms with Crippen LogP contribution >= 0.6 is 24.0 Å². The molecule has 8 nitrogen and oxygen atoms in total. The second-order valence-electron chi connectivity index (χ2n) is 5.54. The van der Waals surface area contributed by atoms with Crippen molar-refractivity contribution in [1.82, 2.24) is 25.8 Å². The van der Waals surface area contributed by atoms with Gasteiger partial charge in [0.25, 0.3) is 0 Å². The molecular weight excluding hydrogens is 459 g/mol. The maximum absolute atomic E-state index is 5.28. The minimum absolute atomic E-state index is 0. The molecule has 144 valence electrons. The van der Waals surface area contributed by atoms with E-state index >= 15 is 0 Å². The molecule has 3 N–H and O–H groups in total. The van der Waals surface area contributed by atoms with Crippen molar-refractivity contribution in [3.05, 3.63) is 54.0 Å². The van der Waals surface area contributed by atoms with Crippen LogP contribution in [0.25, 0.3) is 11.6 Å². The van der Waals surface area contributed by atoms with Gasteiger partial charge in [0.2, 0.25) is 5.82 Å². The maximum Gasteiger partial charge on any atom is 0.216 e. The number of halogens is 1. The smallest absolute Gasteiger partial charge is 0.216 e. The Morgan fingerprint density at radius 1 is 1.26 bits per heavy atom. The van der Waals surface area contributed by atoms with Gasteiger partial charge >= 0.3 is 0 Å². The quantitative estimate of drug-likeness (QED) is 0.272. The van der Waals surface area contributed by atoms with E-state index in [0.29, 0.717) is 31.1 Å². The highest BCUT2D eigenvalue weighted by Gasteiger charge is 2.08. The fraction of sp³-hybridized carbons (Fsp3) is 0.278. The second-order valence-corrected chi connectivity index (χ2v) is 5.54. The minimum Gasteiger partial charge on any atom is -0.497 e. The number of rotatable bonds is 7. The van der Waals surface area contributed by atoms with E-state index in [2.05, 4.69) is 30.8 Å². The minimum atomic E-state index is 0. The predicted octanol–water partition coefficient (Wildman–Crippen LogP) is 2.60. The van der Waals surface area contributed by atoms with E-state index in [-0.39, 0.29) is 24.0 Å². The van der Waals surface area contributed by atoms with Crippen LogP contribution in [0.15, 0.2) is 52.1 Å². The summed E-state index contributed by atoms with van der Waals surface area (Å²) in [5.41, 5.74) is 1.12. The number of aromatic nitrogens is 3. The SMILES string of the molecule is CN=C(NCCc1nc(-c2ccco2)n[nH]1)NCc1cccc(OC)c1.I. The molecule has 0 radical (unpaired) electrons. The number of aliphatic imine (C=N–C) groups is 1. The highest BCUT2D eigenvalue weighted by Crippen LogP contribution is 2.14. The lowest BCUT2D eigenvalue weighted by molar-refractivity contribution is 0.414. The highest BCUT2D eigenvalue weighted by atomic mass is 127. The molecular formula is C18H23IN6O2. The first-order valence-electron chi connectivity index (χ1n) is 8.31. The summed E-state index contributed by atoms with van der Waals surface area (Å²) in [5, 5.41) is 13.6. The van der Waals surface area contributed by atoms with Crippen LogP contribution in [-0.4, -0.2) is 41.8 Å². The number of H-pyrrole nitrogens is 1. The number of methoxy groups -OCH3 is 1. The third-order valence-corrected chi connectivity index (χ3v) is 3.75. The van der Waals surface area contributed by atoms with Crippen molar-refractivity contribution in [1.29, 1.82) is 0 Å². The zero-order valence-electron chi connectivity index (χ0n) is 15.2. The molecule has 27 heavy (non-hydrogen) atoms. The Labute approximate surface area is 174 Å². The van der Waals surface area contributed by atoms with Crippen LogP contribution in [0.4, 0.5) is 0 Å². The fourth-order valence-electron chi connectivity index (χ4n) is 2.41. The molecule has 9 heteroatoms. The topological polar surface area (TPSA) is 100 Å². The number of furan rings is 1. The van der Waals surface area contributed by atoms with Crippen molar-refractivity contribution in [2.45, 2.75) is 13.0 Å². The molecule has 1 aromatic carbocycles. The van der Waals surface area contributed by atoms with Crippen LogP contribution in [0.3, 0.4) is 0 Å². The molecule has 0 spiro atoms. The average molecular weight is 482 g/mol. The Morgan fingerprint density at radius 2 is 2.15 bits per heavy atom. The lowest BCUT2D eigenvalue weighted by atomic mass is 10.2. The van der Waals surface area contributed by atoms with Crippen LogP contribution in [0.5, 0.6) is 5.75 Å².